The lowest BCUT2D eigenvalue weighted by Crippen LogP contribution is -2.43. The third-order valence-electron chi connectivity index (χ3n) is 4.19. The molecule has 3 atom stereocenters. The van der Waals surface area contributed by atoms with Crippen LogP contribution in [0.3, 0.4) is 0 Å². The first kappa shape index (κ1) is 11.9. The Labute approximate surface area is 98.8 Å². The Morgan fingerprint density at radius 3 is 2.88 bits per heavy atom. The minimum absolute atomic E-state index is 0.231. The predicted octanol–water partition coefficient (Wildman–Crippen LogP) is 1.75. The first-order chi connectivity index (χ1) is 7.69. The number of likely N-dealkylation sites (tertiary alicyclic amines) is 1. The summed E-state index contributed by atoms with van der Waals surface area (Å²) in [4.78, 5) is 2.60. The van der Waals surface area contributed by atoms with E-state index in [1.165, 1.54) is 25.9 Å². The average molecular weight is 221 g/mol. The summed E-state index contributed by atoms with van der Waals surface area (Å²) in [7, 11) is 0. The molecule has 1 saturated carbocycles. The van der Waals surface area contributed by atoms with Crippen LogP contribution >= 0.6 is 0 Å². The topological polar surface area (TPSA) is 39.1 Å². The second-order valence-electron chi connectivity index (χ2n) is 5.51. The lowest BCUT2D eigenvalue weighted by Gasteiger charge is -2.26. The minimum atomic E-state index is -0.231. The van der Waals surface area contributed by atoms with Gasteiger partial charge in [-0.3, -0.25) is 5.32 Å². The number of nitriles is 1. The summed E-state index contributed by atoms with van der Waals surface area (Å²) in [5.41, 5.74) is -0.231. The maximum Gasteiger partial charge on any atom is 0.108 e. The van der Waals surface area contributed by atoms with Gasteiger partial charge in [0.25, 0.3) is 0 Å². The van der Waals surface area contributed by atoms with E-state index in [0.717, 1.165) is 25.3 Å². The van der Waals surface area contributed by atoms with Gasteiger partial charge in [0.1, 0.15) is 5.54 Å². The van der Waals surface area contributed by atoms with Crippen LogP contribution in [0.15, 0.2) is 0 Å². The highest BCUT2D eigenvalue weighted by atomic mass is 15.2. The summed E-state index contributed by atoms with van der Waals surface area (Å²) in [6, 6.07) is 3.15. The molecule has 1 N–H and O–H groups in total. The van der Waals surface area contributed by atoms with Gasteiger partial charge >= 0.3 is 0 Å². The Morgan fingerprint density at radius 1 is 1.50 bits per heavy atom. The Balaban J connectivity index is 1.94. The van der Waals surface area contributed by atoms with Gasteiger partial charge in [-0.05, 0) is 44.7 Å². The van der Waals surface area contributed by atoms with E-state index < -0.39 is 0 Å². The zero-order chi connectivity index (χ0) is 11.6. The van der Waals surface area contributed by atoms with E-state index in [1.807, 2.05) is 0 Å². The zero-order valence-corrected chi connectivity index (χ0v) is 10.5. The van der Waals surface area contributed by atoms with Gasteiger partial charge in [0, 0.05) is 12.6 Å². The van der Waals surface area contributed by atoms with E-state index in [1.54, 1.807) is 0 Å². The molecule has 1 aliphatic carbocycles. The van der Waals surface area contributed by atoms with Gasteiger partial charge in [0.2, 0.25) is 0 Å². The van der Waals surface area contributed by atoms with Gasteiger partial charge in [0.05, 0.1) is 6.07 Å². The third-order valence-corrected chi connectivity index (χ3v) is 4.19. The van der Waals surface area contributed by atoms with Crippen LogP contribution in [0.25, 0.3) is 0 Å². The van der Waals surface area contributed by atoms with Gasteiger partial charge in [-0.2, -0.15) is 5.26 Å². The van der Waals surface area contributed by atoms with E-state index in [-0.39, 0.29) is 5.54 Å². The van der Waals surface area contributed by atoms with Crippen molar-refractivity contribution in [2.75, 3.05) is 19.6 Å². The predicted molar refractivity (Wildman–Crippen MR) is 65.0 cm³/mol. The molecule has 0 bridgehead atoms. The Kier molecular flexibility index (Phi) is 3.51. The quantitative estimate of drug-likeness (QED) is 0.789. The van der Waals surface area contributed by atoms with Gasteiger partial charge in [-0.1, -0.05) is 13.8 Å². The summed E-state index contributed by atoms with van der Waals surface area (Å²) < 4.78 is 0. The number of nitrogens with one attached hydrogen (secondary N) is 1. The van der Waals surface area contributed by atoms with Crippen molar-refractivity contribution >= 4 is 0 Å². The molecule has 0 amide bonds. The molecule has 1 saturated heterocycles. The first-order valence-corrected chi connectivity index (χ1v) is 6.59. The van der Waals surface area contributed by atoms with Crippen LogP contribution in [0, 0.1) is 17.2 Å². The molecule has 90 valence electrons. The fourth-order valence-electron chi connectivity index (χ4n) is 3.27. The van der Waals surface area contributed by atoms with Crippen LogP contribution in [-0.4, -0.2) is 36.1 Å². The van der Waals surface area contributed by atoms with Crippen LogP contribution in [0.2, 0.25) is 0 Å². The normalized spacial score (nSPS) is 40.1. The summed E-state index contributed by atoms with van der Waals surface area (Å²) >= 11 is 0. The largest absolute Gasteiger partial charge is 0.300 e. The van der Waals surface area contributed by atoms with Crippen LogP contribution in [0.1, 0.15) is 39.5 Å². The maximum absolute atomic E-state index is 9.33. The highest BCUT2D eigenvalue weighted by Gasteiger charge is 2.42. The van der Waals surface area contributed by atoms with Gasteiger partial charge in [-0.25, -0.2) is 0 Å². The molecular weight excluding hydrogens is 198 g/mol. The third kappa shape index (κ3) is 2.23. The summed E-state index contributed by atoms with van der Waals surface area (Å²) in [6.45, 7) is 7.79. The molecular formula is C13H23N3. The van der Waals surface area contributed by atoms with Crippen molar-refractivity contribution in [1.82, 2.24) is 10.2 Å². The van der Waals surface area contributed by atoms with Crippen LogP contribution in [0.5, 0.6) is 0 Å². The first-order valence-electron chi connectivity index (χ1n) is 6.59. The molecule has 0 spiro atoms. The molecule has 0 aromatic heterocycles. The van der Waals surface area contributed by atoms with Crippen LogP contribution < -0.4 is 5.32 Å². The molecule has 0 radical (unpaired) electrons. The molecule has 2 fully saturated rings. The van der Waals surface area contributed by atoms with E-state index in [9.17, 15) is 5.26 Å². The number of rotatable bonds is 3. The maximum atomic E-state index is 9.33. The van der Waals surface area contributed by atoms with Crippen molar-refractivity contribution < 1.29 is 0 Å². The second kappa shape index (κ2) is 4.73. The summed E-state index contributed by atoms with van der Waals surface area (Å²) in [6.07, 6.45) is 4.56. The van der Waals surface area contributed by atoms with Crippen molar-refractivity contribution in [3.63, 3.8) is 0 Å². The number of hydrogen-bond acceptors (Lipinski definition) is 3. The van der Waals surface area contributed by atoms with Gasteiger partial charge in [-0.15, -0.1) is 0 Å². The number of nitrogens with zero attached hydrogens (tertiary/aromatic N) is 2. The lowest BCUT2D eigenvalue weighted by atomic mass is 9.99. The van der Waals surface area contributed by atoms with Gasteiger partial charge < -0.3 is 4.90 Å². The SMILES string of the molecule is CCNC1(C#N)CCC(N2CCC(C)C2)C1. The van der Waals surface area contributed by atoms with E-state index in [4.69, 9.17) is 0 Å². The summed E-state index contributed by atoms with van der Waals surface area (Å²) in [5.74, 6) is 0.844. The fourth-order valence-corrected chi connectivity index (χ4v) is 3.27. The number of hydrogen-bond donors (Lipinski definition) is 1. The van der Waals surface area contributed by atoms with Crippen molar-refractivity contribution in [2.45, 2.75) is 51.1 Å². The highest BCUT2D eigenvalue weighted by molar-refractivity contribution is 5.13. The van der Waals surface area contributed by atoms with E-state index in [0.29, 0.717) is 6.04 Å². The molecule has 0 aromatic carbocycles. The minimum Gasteiger partial charge on any atom is -0.300 e. The van der Waals surface area contributed by atoms with Crippen LogP contribution in [0.4, 0.5) is 0 Å². The second-order valence-corrected chi connectivity index (χ2v) is 5.51. The molecule has 3 nitrogen and oxygen atoms in total. The molecule has 3 heteroatoms. The fraction of sp³-hybridized carbons (Fsp3) is 0.923. The smallest absolute Gasteiger partial charge is 0.108 e. The van der Waals surface area contributed by atoms with Crippen molar-refractivity contribution in [3.8, 4) is 6.07 Å². The van der Waals surface area contributed by atoms with Crippen molar-refractivity contribution in [2.24, 2.45) is 5.92 Å². The highest BCUT2D eigenvalue weighted by Crippen LogP contribution is 2.34. The van der Waals surface area contributed by atoms with E-state index >= 15 is 0 Å². The lowest BCUT2D eigenvalue weighted by molar-refractivity contribution is 0.230. The Hall–Kier alpha value is -0.590. The molecule has 2 aliphatic rings. The molecule has 1 heterocycles. The average Bonchev–Trinajstić information content (AvgIpc) is 2.86. The monoisotopic (exact) mass is 221 g/mol. The molecule has 3 unspecified atom stereocenters. The van der Waals surface area contributed by atoms with Crippen molar-refractivity contribution in [3.05, 3.63) is 0 Å². The molecule has 0 aromatic rings. The van der Waals surface area contributed by atoms with Crippen molar-refractivity contribution in [1.29, 1.82) is 5.26 Å². The molecule has 1 aliphatic heterocycles. The van der Waals surface area contributed by atoms with E-state index in [2.05, 4.69) is 30.1 Å². The Bertz CT molecular complexity index is 283. The molecule has 16 heavy (non-hydrogen) atoms. The zero-order valence-electron chi connectivity index (χ0n) is 10.5. The molecule has 2 rings (SSSR count). The summed E-state index contributed by atoms with van der Waals surface area (Å²) in [5, 5.41) is 12.7. The van der Waals surface area contributed by atoms with Gasteiger partial charge in [0.15, 0.2) is 0 Å². The van der Waals surface area contributed by atoms with Crippen LogP contribution in [-0.2, 0) is 0 Å². The standard InChI is InChI=1S/C13H23N3/c1-3-15-13(10-14)6-4-12(8-13)16-7-5-11(2)9-16/h11-12,15H,3-9H2,1-2H3. The Morgan fingerprint density at radius 2 is 2.31 bits per heavy atom.